The number of hydrogen-bond donors (Lipinski definition) is 0. The average Bonchev–Trinajstić information content (AvgIpc) is 2.17. The van der Waals surface area contributed by atoms with Crippen molar-refractivity contribution in [2.24, 2.45) is 0 Å². The lowest BCUT2D eigenvalue weighted by atomic mass is 10.2. The number of hydrogen-bond acceptors (Lipinski definition) is 2. The van der Waals surface area contributed by atoms with Crippen molar-refractivity contribution in [1.29, 1.82) is 0 Å². The van der Waals surface area contributed by atoms with E-state index in [1.54, 1.807) is 0 Å². The highest BCUT2D eigenvalue weighted by Gasteiger charge is 2.30. The number of benzene rings is 1. The largest absolute Gasteiger partial charge is 0.426 e. The molecule has 0 radical (unpaired) electrons. The van der Waals surface area contributed by atoms with Gasteiger partial charge in [-0.05, 0) is 24.3 Å². The number of carbonyl (C=O) groups excluding carboxylic acids is 1. The Kier molecular flexibility index (Phi) is 6.34. The average molecular weight is 289 g/mol. The fourth-order valence-corrected chi connectivity index (χ4v) is 1.13. The van der Waals surface area contributed by atoms with Gasteiger partial charge in [0.05, 0.1) is 12.0 Å². The SMILES string of the molecule is Cl.O=C(CCCl)Oc1ccc(C(F)(F)F)cc1. The zero-order valence-corrected chi connectivity index (χ0v) is 10.0. The zero-order valence-electron chi connectivity index (χ0n) is 8.46. The van der Waals surface area contributed by atoms with Crippen molar-refractivity contribution in [3.05, 3.63) is 29.8 Å². The van der Waals surface area contributed by atoms with Crippen molar-refractivity contribution >= 4 is 30.0 Å². The summed E-state index contributed by atoms with van der Waals surface area (Å²) in [5.41, 5.74) is -0.787. The Bertz CT molecular complexity index is 363. The summed E-state index contributed by atoms with van der Waals surface area (Å²) in [6.45, 7) is 0. The first-order valence-corrected chi connectivity index (χ1v) is 4.91. The predicted octanol–water partition coefficient (Wildman–Crippen LogP) is 3.66. The van der Waals surface area contributed by atoms with Gasteiger partial charge in [0.15, 0.2) is 0 Å². The van der Waals surface area contributed by atoms with Crippen LogP contribution in [0.5, 0.6) is 5.75 Å². The highest BCUT2D eigenvalue weighted by Crippen LogP contribution is 2.30. The lowest BCUT2D eigenvalue weighted by Gasteiger charge is -2.07. The Labute approximate surface area is 107 Å². The van der Waals surface area contributed by atoms with Crippen LogP contribution in [0.1, 0.15) is 12.0 Å². The van der Waals surface area contributed by atoms with Crippen LogP contribution in [0.3, 0.4) is 0 Å². The molecule has 0 aliphatic rings. The van der Waals surface area contributed by atoms with E-state index in [0.29, 0.717) is 0 Å². The van der Waals surface area contributed by atoms with Gasteiger partial charge in [-0.3, -0.25) is 4.79 Å². The minimum atomic E-state index is -4.39. The van der Waals surface area contributed by atoms with Crippen molar-refractivity contribution in [3.63, 3.8) is 0 Å². The molecule has 0 saturated heterocycles. The minimum absolute atomic E-state index is 0. The first-order chi connectivity index (χ1) is 7.43. The predicted molar refractivity (Wildman–Crippen MR) is 59.7 cm³/mol. The number of rotatable bonds is 3. The molecule has 0 atom stereocenters. The van der Waals surface area contributed by atoms with E-state index in [1.165, 1.54) is 0 Å². The second-order valence-corrected chi connectivity index (χ2v) is 3.31. The fraction of sp³-hybridized carbons (Fsp3) is 0.300. The molecule has 7 heteroatoms. The topological polar surface area (TPSA) is 26.3 Å². The van der Waals surface area contributed by atoms with Crippen molar-refractivity contribution in [3.8, 4) is 5.75 Å². The summed E-state index contributed by atoms with van der Waals surface area (Å²) in [6.07, 6.45) is -4.37. The highest BCUT2D eigenvalue weighted by molar-refractivity contribution is 6.18. The van der Waals surface area contributed by atoms with Gasteiger partial charge in [0.25, 0.3) is 0 Å². The highest BCUT2D eigenvalue weighted by atomic mass is 35.5. The summed E-state index contributed by atoms with van der Waals surface area (Å²) in [5, 5.41) is 0. The van der Waals surface area contributed by atoms with E-state index in [2.05, 4.69) is 0 Å². The van der Waals surface area contributed by atoms with Crippen molar-refractivity contribution in [2.45, 2.75) is 12.6 Å². The van der Waals surface area contributed by atoms with Gasteiger partial charge in [0.2, 0.25) is 0 Å². The molecule has 0 unspecified atom stereocenters. The molecule has 17 heavy (non-hydrogen) atoms. The lowest BCUT2D eigenvalue weighted by Crippen LogP contribution is -2.09. The van der Waals surface area contributed by atoms with Gasteiger partial charge in [0, 0.05) is 5.88 Å². The fourth-order valence-electron chi connectivity index (χ4n) is 0.972. The van der Waals surface area contributed by atoms with Crippen LogP contribution < -0.4 is 4.74 Å². The van der Waals surface area contributed by atoms with E-state index in [1.807, 2.05) is 0 Å². The molecule has 0 amide bonds. The van der Waals surface area contributed by atoms with Crippen LogP contribution in [0.2, 0.25) is 0 Å². The summed E-state index contributed by atoms with van der Waals surface area (Å²) in [7, 11) is 0. The third kappa shape index (κ3) is 5.28. The first kappa shape index (κ1) is 16.1. The molecule has 0 fully saturated rings. The van der Waals surface area contributed by atoms with Gasteiger partial charge in [-0.25, -0.2) is 0 Å². The molecule has 1 aromatic rings. The van der Waals surface area contributed by atoms with Gasteiger partial charge in [-0.2, -0.15) is 13.2 Å². The first-order valence-electron chi connectivity index (χ1n) is 4.37. The molecule has 1 aromatic carbocycles. The molecule has 0 aliphatic heterocycles. The van der Waals surface area contributed by atoms with Crippen LogP contribution in [0, 0.1) is 0 Å². The Balaban J connectivity index is 0.00000256. The molecule has 0 bridgehead atoms. The van der Waals surface area contributed by atoms with E-state index >= 15 is 0 Å². The molecule has 96 valence electrons. The van der Waals surface area contributed by atoms with Crippen LogP contribution in [-0.2, 0) is 11.0 Å². The summed E-state index contributed by atoms with van der Waals surface area (Å²) in [4.78, 5) is 11.0. The number of ether oxygens (including phenoxy) is 1. The normalized spacial score (nSPS) is 10.6. The Morgan fingerprint density at radius 3 is 2.18 bits per heavy atom. The number of esters is 1. The van der Waals surface area contributed by atoms with E-state index in [0.717, 1.165) is 24.3 Å². The van der Waals surface area contributed by atoms with E-state index in [9.17, 15) is 18.0 Å². The summed E-state index contributed by atoms with van der Waals surface area (Å²) >= 11 is 5.30. The molecule has 2 nitrogen and oxygen atoms in total. The summed E-state index contributed by atoms with van der Waals surface area (Å²) in [5.74, 6) is -0.391. The van der Waals surface area contributed by atoms with Gasteiger partial charge in [-0.15, -0.1) is 24.0 Å². The van der Waals surface area contributed by atoms with Gasteiger partial charge in [-0.1, -0.05) is 0 Å². The van der Waals surface area contributed by atoms with Crippen LogP contribution in [-0.4, -0.2) is 11.8 Å². The standard InChI is InChI=1S/C10H8ClF3O2.ClH/c11-6-5-9(15)16-8-3-1-7(2-4-8)10(12,13)14;/h1-4H,5-6H2;1H. The maximum Gasteiger partial charge on any atom is 0.416 e. The van der Waals surface area contributed by atoms with Crippen LogP contribution in [0.15, 0.2) is 24.3 Å². The lowest BCUT2D eigenvalue weighted by molar-refractivity contribution is -0.137. The smallest absolute Gasteiger partial charge is 0.416 e. The zero-order chi connectivity index (χ0) is 12.2. The minimum Gasteiger partial charge on any atom is -0.426 e. The van der Waals surface area contributed by atoms with Crippen molar-refractivity contribution in [2.75, 3.05) is 5.88 Å². The van der Waals surface area contributed by atoms with E-state index in [-0.39, 0.29) is 30.5 Å². The molecule has 0 spiro atoms. The monoisotopic (exact) mass is 288 g/mol. The van der Waals surface area contributed by atoms with Crippen molar-refractivity contribution in [1.82, 2.24) is 0 Å². The number of carbonyl (C=O) groups is 1. The Morgan fingerprint density at radius 1 is 1.24 bits per heavy atom. The number of halogens is 5. The molecule has 0 aromatic heterocycles. The van der Waals surface area contributed by atoms with Crippen LogP contribution in [0.25, 0.3) is 0 Å². The molecule has 0 saturated carbocycles. The third-order valence-corrected chi connectivity index (χ3v) is 1.90. The van der Waals surface area contributed by atoms with Gasteiger partial charge in [0.1, 0.15) is 5.75 Å². The second-order valence-electron chi connectivity index (χ2n) is 2.94. The van der Waals surface area contributed by atoms with E-state index in [4.69, 9.17) is 16.3 Å². The summed E-state index contributed by atoms with van der Waals surface area (Å²) < 4.78 is 41.3. The second kappa shape index (κ2) is 6.71. The van der Waals surface area contributed by atoms with Crippen LogP contribution in [0.4, 0.5) is 13.2 Å². The molecule has 0 heterocycles. The molecular formula is C10H9Cl2F3O2. The maximum absolute atomic E-state index is 12.2. The van der Waals surface area contributed by atoms with Crippen LogP contribution >= 0.6 is 24.0 Å². The molecule has 0 aliphatic carbocycles. The van der Waals surface area contributed by atoms with E-state index < -0.39 is 17.7 Å². The maximum atomic E-state index is 12.2. The molecule has 1 rings (SSSR count). The quantitative estimate of drug-likeness (QED) is 0.482. The van der Waals surface area contributed by atoms with Gasteiger partial charge >= 0.3 is 12.1 Å². The molecule has 0 N–H and O–H groups in total. The number of alkyl halides is 4. The Morgan fingerprint density at radius 2 is 1.76 bits per heavy atom. The Hall–Kier alpha value is -0.940. The summed E-state index contributed by atoms with van der Waals surface area (Å²) in [6, 6.07) is 3.89. The van der Waals surface area contributed by atoms with Gasteiger partial charge < -0.3 is 4.74 Å². The molecular weight excluding hydrogens is 280 g/mol. The third-order valence-electron chi connectivity index (χ3n) is 1.71. The van der Waals surface area contributed by atoms with Crippen molar-refractivity contribution < 1.29 is 22.7 Å².